The van der Waals surface area contributed by atoms with Crippen molar-refractivity contribution in [2.45, 2.75) is 63.6 Å². The number of carbonyl (C=O) groups is 2. The predicted octanol–water partition coefficient (Wildman–Crippen LogP) is -0.0608. The monoisotopic (exact) mass is 524 g/mol. The van der Waals surface area contributed by atoms with E-state index in [2.05, 4.69) is 44.5 Å². The van der Waals surface area contributed by atoms with E-state index in [1.165, 1.54) is 6.26 Å². The van der Waals surface area contributed by atoms with Crippen molar-refractivity contribution in [1.82, 2.24) is 31.2 Å². The molecule has 10 nitrogen and oxygen atoms in total. The lowest BCUT2D eigenvalue weighted by molar-refractivity contribution is -0.127. The van der Waals surface area contributed by atoms with E-state index in [1.54, 1.807) is 13.3 Å². The summed E-state index contributed by atoms with van der Waals surface area (Å²) in [7, 11) is 5.47. The van der Waals surface area contributed by atoms with Gasteiger partial charge in [-0.2, -0.15) is 0 Å². The van der Waals surface area contributed by atoms with Gasteiger partial charge in [0.15, 0.2) is 5.78 Å². The number of nitrogens with zero attached hydrogens (tertiary/aromatic N) is 2. The van der Waals surface area contributed by atoms with Crippen LogP contribution < -0.4 is 31.8 Å². The molecule has 3 heterocycles. The van der Waals surface area contributed by atoms with Crippen molar-refractivity contribution < 1.29 is 19.1 Å². The topological polar surface area (TPSA) is 117 Å². The lowest BCUT2D eigenvalue weighted by Gasteiger charge is -2.29. The average Bonchev–Trinajstić information content (AvgIpc) is 3.59. The first-order valence-corrected chi connectivity index (χ1v) is 13.3. The maximum Gasteiger partial charge on any atom is 0.234 e. The van der Waals surface area contributed by atoms with E-state index in [0.29, 0.717) is 13.0 Å². The summed E-state index contributed by atoms with van der Waals surface area (Å²) in [6.45, 7) is 2.31. The molecular weight excluding hydrogens is 484 g/mol. The molecular formula is C28H40N6O4. The molecule has 4 N–H and O–H groups in total. The van der Waals surface area contributed by atoms with Crippen LogP contribution in [0.25, 0.3) is 12.2 Å². The first-order valence-electron chi connectivity index (χ1n) is 13.3. The van der Waals surface area contributed by atoms with Crippen LogP contribution in [-0.2, 0) is 19.1 Å². The number of hydrogen-bond acceptors (Lipinski definition) is 9. The Hall–Kier alpha value is -3.37. The van der Waals surface area contributed by atoms with Gasteiger partial charge in [0.05, 0.1) is 24.0 Å². The van der Waals surface area contributed by atoms with Gasteiger partial charge in [-0.3, -0.25) is 14.6 Å². The van der Waals surface area contributed by atoms with Gasteiger partial charge in [-0.15, -0.1) is 0 Å². The molecule has 0 aromatic carbocycles. The Morgan fingerprint density at radius 1 is 1.18 bits per heavy atom. The third-order valence-corrected chi connectivity index (χ3v) is 6.97. The van der Waals surface area contributed by atoms with Gasteiger partial charge < -0.3 is 35.6 Å². The van der Waals surface area contributed by atoms with Gasteiger partial charge in [0.2, 0.25) is 12.1 Å². The number of aromatic nitrogens is 1. The third-order valence-electron chi connectivity index (χ3n) is 6.97. The van der Waals surface area contributed by atoms with E-state index in [0.717, 1.165) is 47.6 Å². The highest BCUT2D eigenvalue weighted by atomic mass is 16.5. The van der Waals surface area contributed by atoms with Crippen molar-refractivity contribution in [3.63, 3.8) is 0 Å². The molecule has 4 rings (SSSR count). The van der Waals surface area contributed by atoms with Crippen molar-refractivity contribution >= 4 is 23.8 Å². The highest BCUT2D eigenvalue weighted by Crippen LogP contribution is 2.24. The summed E-state index contributed by atoms with van der Waals surface area (Å²) in [4.78, 5) is 31.4. The Labute approximate surface area is 224 Å². The second kappa shape index (κ2) is 12.9. The smallest absolute Gasteiger partial charge is 0.234 e. The zero-order chi connectivity index (χ0) is 27.1. The van der Waals surface area contributed by atoms with Gasteiger partial charge in [0.25, 0.3) is 0 Å². The quantitative estimate of drug-likeness (QED) is 0.263. The van der Waals surface area contributed by atoms with E-state index in [-0.39, 0.29) is 35.9 Å². The number of pyridine rings is 1. The summed E-state index contributed by atoms with van der Waals surface area (Å²) in [5.74, 6) is 0.0328. The molecule has 10 heteroatoms. The highest BCUT2D eigenvalue weighted by Gasteiger charge is 2.32. The lowest BCUT2D eigenvalue weighted by Crippen LogP contribution is -2.54. The molecule has 0 saturated carbocycles. The summed E-state index contributed by atoms with van der Waals surface area (Å²) in [5, 5.41) is 15.2. The molecule has 206 valence electrons. The molecule has 1 aromatic heterocycles. The highest BCUT2D eigenvalue weighted by molar-refractivity contribution is 5.83. The van der Waals surface area contributed by atoms with Crippen molar-refractivity contribution in [2.75, 3.05) is 27.7 Å². The minimum atomic E-state index is -0.555. The van der Waals surface area contributed by atoms with Crippen molar-refractivity contribution in [2.24, 2.45) is 5.92 Å². The summed E-state index contributed by atoms with van der Waals surface area (Å²) in [6, 6.07) is 3.98. The minimum absolute atomic E-state index is 0.000416. The number of nitrogens with one attached hydrogen (secondary N) is 4. The molecule has 0 radical (unpaired) electrons. The number of ketones is 1. The Bertz CT molecular complexity index is 1170. The summed E-state index contributed by atoms with van der Waals surface area (Å²) in [6.07, 6.45) is 12.3. The lowest BCUT2D eigenvalue weighted by atomic mass is 9.93. The first-order chi connectivity index (χ1) is 18.3. The van der Waals surface area contributed by atoms with Crippen molar-refractivity contribution in [3.8, 4) is 0 Å². The summed E-state index contributed by atoms with van der Waals surface area (Å²) >= 11 is 0. The van der Waals surface area contributed by atoms with E-state index >= 15 is 0 Å². The SMILES string of the molecule is COC1C=c2nc(C)ccc2=CC1C1=CNC([C@H](CCCCCC(=O)C2NC=CO2)NC(=O)CN(C)C)N1. The van der Waals surface area contributed by atoms with E-state index < -0.39 is 6.23 Å². The number of ether oxygens (including phenoxy) is 2. The van der Waals surface area contributed by atoms with Gasteiger partial charge in [0, 0.05) is 43.2 Å². The molecule has 1 aromatic rings. The number of carbonyl (C=O) groups excluding carboxylic acids is 2. The predicted molar refractivity (Wildman–Crippen MR) is 145 cm³/mol. The van der Waals surface area contributed by atoms with Crippen LogP contribution in [0.3, 0.4) is 0 Å². The van der Waals surface area contributed by atoms with Gasteiger partial charge in [-0.1, -0.05) is 25.0 Å². The standard InChI is InChI=1S/C28H40N6O4/c1-18-10-11-19-14-20(25(37-4)15-22(19)31-18)23-16-30-27(33-23)21(32-26(36)17-34(2)3)8-6-5-7-9-24(35)28-29-12-13-38-28/h10-16,20-21,25,27-30,33H,5-9,17H2,1-4H3,(H,32,36)/t20?,21-,25?,27?,28?/m0/s1. The molecule has 5 atom stereocenters. The van der Waals surface area contributed by atoms with Gasteiger partial charge in [-0.25, -0.2) is 0 Å². The number of rotatable bonds is 13. The van der Waals surface area contributed by atoms with Crippen molar-refractivity contribution in [1.29, 1.82) is 0 Å². The molecule has 1 aliphatic carbocycles. The fourth-order valence-corrected chi connectivity index (χ4v) is 5.03. The van der Waals surface area contributed by atoms with Crippen LogP contribution in [-0.4, -0.2) is 73.9 Å². The second-order valence-corrected chi connectivity index (χ2v) is 10.3. The molecule has 0 fully saturated rings. The fourth-order valence-electron chi connectivity index (χ4n) is 5.03. The van der Waals surface area contributed by atoms with Crippen LogP contribution in [0.5, 0.6) is 0 Å². The van der Waals surface area contributed by atoms with Gasteiger partial charge in [-0.05, 0) is 51.2 Å². The zero-order valence-corrected chi connectivity index (χ0v) is 22.7. The van der Waals surface area contributed by atoms with Gasteiger partial charge in [0.1, 0.15) is 12.4 Å². The van der Waals surface area contributed by atoms with Crippen LogP contribution in [0.2, 0.25) is 0 Å². The number of aryl methyl sites for hydroxylation is 1. The van der Waals surface area contributed by atoms with Crippen molar-refractivity contribution in [3.05, 3.63) is 52.8 Å². The minimum Gasteiger partial charge on any atom is -0.469 e. The molecule has 0 spiro atoms. The Morgan fingerprint density at radius 2 is 2.03 bits per heavy atom. The number of amides is 1. The van der Waals surface area contributed by atoms with E-state index in [9.17, 15) is 9.59 Å². The molecule has 38 heavy (non-hydrogen) atoms. The average molecular weight is 525 g/mol. The number of likely N-dealkylation sites (N-methyl/N-ethyl adjacent to an activating group) is 1. The fraction of sp³-hybridized carbons (Fsp3) is 0.536. The summed E-state index contributed by atoms with van der Waals surface area (Å²) < 4.78 is 11.0. The summed E-state index contributed by atoms with van der Waals surface area (Å²) in [5.41, 5.74) is 1.99. The van der Waals surface area contributed by atoms with Crippen LogP contribution in [0.1, 0.15) is 37.8 Å². The van der Waals surface area contributed by atoms with Crippen LogP contribution >= 0.6 is 0 Å². The number of methoxy groups -OCH3 is 1. The molecule has 2 aliphatic heterocycles. The number of unbranched alkanes of at least 4 members (excludes halogenated alkanes) is 2. The Balaban J connectivity index is 1.35. The van der Waals surface area contributed by atoms with Crippen LogP contribution in [0, 0.1) is 12.8 Å². The first kappa shape index (κ1) is 27.7. The molecule has 0 bridgehead atoms. The van der Waals surface area contributed by atoms with Crippen LogP contribution in [0.15, 0.2) is 36.5 Å². The Morgan fingerprint density at radius 3 is 2.76 bits per heavy atom. The van der Waals surface area contributed by atoms with E-state index in [4.69, 9.17) is 9.47 Å². The maximum absolute atomic E-state index is 12.7. The normalized spacial score (nSPS) is 24.1. The number of Topliss-reactive ketones (excluding diaryl/α,β-unsaturated/α-hetero) is 1. The second-order valence-electron chi connectivity index (χ2n) is 10.3. The number of fused-ring (bicyclic) bond motifs is 1. The number of hydrogen-bond donors (Lipinski definition) is 4. The molecule has 1 amide bonds. The van der Waals surface area contributed by atoms with Gasteiger partial charge >= 0.3 is 0 Å². The third kappa shape index (κ3) is 7.14. The van der Waals surface area contributed by atoms with E-state index in [1.807, 2.05) is 38.2 Å². The largest absolute Gasteiger partial charge is 0.469 e. The van der Waals surface area contributed by atoms with Crippen LogP contribution in [0.4, 0.5) is 0 Å². The molecule has 3 aliphatic rings. The maximum atomic E-state index is 12.7. The molecule has 0 saturated heterocycles. The Kier molecular flexibility index (Phi) is 9.41. The molecule has 4 unspecified atom stereocenters. The zero-order valence-electron chi connectivity index (χ0n) is 22.7.